The van der Waals surface area contributed by atoms with Crippen LogP contribution < -0.4 is 4.74 Å². The highest BCUT2D eigenvalue weighted by atomic mass is 16.5. The zero-order valence-electron chi connectivity index (χ0n) is 20.4. The van der Waals surface area contributed by atoms with Gasteiger partial charge in [0.25, 0.3) is 0 Å². The highest BCUT2D eigenvalue weighted by molar-refractivity contribution is 5.77. The van der Waals surface area contributed by atoms with E-state index in [9.17, 15) is 9.59 Å². The van der Waals surface area contributed by atoms with Crippen molar-refractivity contribution in [1.82, 2.24) is 5.16 Å². The second-order valence-corrected chi connectivity index (χ2v) is 8.82. The Hall–Kier alpha value is -3.61. The van der Waals surface area contributed by atoms with Crippen molar-refractivity contribution in [2.24, 2.45) is 5.92 Å². The maximum atomic E-state index is 12.6. The second kappa shape index (κ2) is 11.2. The number of benzene rings is 2. The lowest BCUT2D eigenvalue weighted by Gasteiger charge is -2.14. The van der Waals surface area contributed by atoms with Crippen molar-refractivity contribution in [2.45, 2.75) is 58.7 Å². The predicted molar refractivity (Wildman–Crippen MR) is 130 cm³/mol. The lowest BCUT2D eigenvalue weighted by Crippen LogP contribution is -2.18. The summed E-state index contributed by atoms with van der Waals surface area (Å²) >= 11 is 0. The van der Waals surface area contributed by atoms with E-state index in [1.54, 1.807) is 0 Å². The molecule has 0 N–H and O–H groups in total. The highest BCUT2D eigenvalue weighted by Gasteiger charge is 2.32. The first-order valence-corrected chi connectivity index (χ1v) is 12.1. The quantitative estimate of drug-likeness (QED) is 0.370. The molecule has 7 nitrogen and oxygen atoms in total. The Bertz CT molecular complexity index is 1140. The van der Waals surface area contributed by atoms with Crippen LogP contribution in [0, 0.1) is 12.8 Å². The summed E-state index contributed by atoms with van der Waals surface area (Å²) < 4.78 is 22.4. The number of aryl methyl sites for hydroxylation is 1. The standard InChI is InChI=1S/C28H31NO6/c1-4-32-28(31)22-12-15-24(16-22)34-23-13-10-21(11-14-23)27-25(18(2)29-35-27)17-26(30)33-19(3)20-8-6-5-7-9-20/h5-11,13-14,19,22,24H,4,12,15-17H2,1-3H3/t19-,22?,24?/m1/s1. The lowest BCUT2D eigenvalue weighted by molar-refractivity contribution is -0.148. The van der Waals surface area contributed by atoms with Gasteiger partial charge in [-0.3, -0.25) is 9.59 Å². The summed E-state index contributed by atoms with van der Waals surface area (Å²) in [7, 11) is 0. The summed E-state index contributed by atoms with van der Waals surface area (Å²) in [5.41, 5.74) is 3.10. The van der Waals surface area contributed by atoms with Gasteiger partial charge in [0.05, 0.1) is 30.7 Å². The van der Waals surface area contributed by atoms with E-state index in [1.807, 2.05) is 75.4 Å². The molecule has 0 saturated heterocycles. The second-order valence-electron chi connectivity index (χ2n) is 8.82. The molecule has 1 aliphatic rings. The summed E-state index contributed by atoms with van der Waals surface area (Å²) in [5, 5.41) is 4.07. The number of aromatic nitrogens is 1. The minimum atomic E-state index is -0.345. The average molecular weight is 478 g/mol. The Balaban J connectivity index is 1.38. The van der Waals surface area contributed by atoms with Crippen molar-refractivity contribution in [3.63, 3.8) is 0 Å². The molecular formula is C28H31NO6. The highest BCUT2D eigenvalue weighted by Crippen LogP contribution is 2.32. The van der Waals surface area contributed by atoms with Gasteiger partial charge in [0.15, 0.2) is 5.76 Å². The van der Waals surface area contributed by atoms with Crippen LogP contribution in [0.2, 0.25) is 0 Å². The maximum Gasteiger partial charge on any atom is 0.311 e. The molecule has 0 bridgehead atoms. The van der Waals surface area contributed by atoms with Crippen molar-refractivity contribution < 1.29 is 28.3 Å². The van der Waals surface area contributed by atoms with E-state index >= 15 is 0 Å². The van der Waals surface area contributed by atoms with E-state index in [0.717, 1.165) is 29.7 Å². The average Bonchev–Trinajstić information content (AvgIpc) is 3.47. The predicted octanol–water partition coefficient (Wildman–Crippen LogP) is 5.61. The van der Waals surface area contributed by atoms with Crippen LogP contribution in [0.1, 0.15) is 56.0 Å². The summed E-state index contributed by atoms with van der Waals surface area (Å²) in [6.45, 7) is 5.88. The van der Waals surface area contributed by atoms with Crippen LogP contribution in [0.15, 0.2) is 59.1 Å². The van der Waals surface area contributed by atoms with E-state index < -0.39 is 0 Å². The van der Waals surface area contributed by atoms with Gasteiger partial charge < -0.3 is 18.7 Å². The van der Waals surface area contributed by atoms with Gasteiger partial charge in [0, 0.05) is 11.1 Å². The molecule has 1 saturated carbocycles. The van der Waals surface area contributed by atoms with E-state index in [4.69, 9.17) is 18.7 Å². The van der Waals surface area contributed by atoms with Crippen molar-refractivity contribution in [1.29, 1.82) is 0 Å². The number of hydrogen-bond acceptors (Lipinski definition) is 7. The van der Waals surface area contributed by atoms with Crippen LogP contribution in [0.3, 0.4) is 0 Å². The molecule has 4 rings (SSSR count). The summed E-state index contributed by atoms with van der Waals surface area (Å²) in [5.74, 6) is 0.687. The zero-order chi connectivity index (χ0) is 24.8. The van der Waals surface area contributed by atoms with Gasteiger partial charge in [-0.2, -0.15) is 0 Å². The first kappa shape index (κ1) is 24.5. The first-order valence-electron chi connectivity index (χ1n) is 12.1. The molecule has 35 heavy (non-hydrogen) atoms. The van der Waals surface area contributed by atoms with Crippen LogP contribution in [0.4, 0.5) is 0 Å². The first-order chi connectivity index (χ1) is 16.9. The van der Waals surface area contributed by atoms with Gasteiger partial charge in [-0.15, -0.1) is 0 Å². The third-order valence-electron chi connectivity index (χ3n) is 6.31. The molecule has 3 aromatic rings. The number of rotatable bonds is 9. The smallest absolute Gasteiger partial charge is 0.311 e. The molecule has 0 amide bonds. The molecular weight excluding hydrogens is 446 g/mol. The van der Waals surface area contributed by atoms with E-state index in [0.29, 0.717) is 30.0 Å². The molecule has 2 unspecified atom stereocenters. The Kier molecular flexibility index (Phi) is 7.85. The number of hydrogen-bond donors (Lipinski definition) is 0. The van der Waals surface area contributed by atoms with Crippen molar-refractivity contribution in [3.8, 4) is 17.1 Å². The molecule has 0 spiro atoms. The van der Waals surface area contributed by atoms with Crippen molar-refractivity contribution in [2.75, 3.05) is 6.61 Å². The molecule has 1 aliphatic carbocycles. The van der Waals surface area contributed by atoms with Gasteiger partial charge in [0.2, 0.25) is 0 Å². The van der Waals surface area contributed by atoms with E-state index in [1.165, 1.54) is 0 Å². The maximum absolute atomic E-state index is 12.6. The molecule has 0 aliphatic heterocycles. The van der Waals surface area contributed by atoms with Crippen molar-refractivity contribution in [3.05, 3.63) is 71.4 Å². The van der Waals surface area contributed by atoms with Gasteiger partial charge >= 0.3 is 11.9 Å². The monoisotopic (exact) mass is 477 g/mol. The fraction of sp³-hybridized carbons (Fsp3) is 0.393. The van der Waals surface area contributed by atoms with Gasteiger partial charge in [-0.1, -0.05) is 35.5 Å². The minimum Gasteiger partial charge on any atom is -0.490 e. The van der Waals surface area contributed by atoms with E-state index in [2.05, 4.69) is 5.16 Å². The molecule has 1 fully saturated rings. The van der Waals surface area contributed by atoms with Gasteiger partial charge in [-0.25, -0.2) is 0 Å². The fourth-order valence-electron chi connectivity index (χ4n) is 4.40. The Morgan fingerprint density at radius 1 is 1.09 bits per heavy atom. The number of nitrogens with zero attached hydrogens (tertiary/aromatic N) is 1. The third-order valence-corrected chi connectivity index (χ3v) is 6.31. The molecule has 3 atom stereocenters. The Morgan fingerprint density at radius 3 is 2.54 bits per heavy atom. The molecule has 1 aromatic heterocycles. The van der Waals surface area contributed by atoms with E-state index in [-0.39, 0.29) is 36.5 Å². The number of carbonyl (C=O) groups excluding carboxylic acids is 2. The summed E-state index contributed by atoms with van der Waals surface area (Å²) in [4.78, 5) is 24.6. The number of carbonyl (C=O) groups is 2. The molecule has 0 radical (unpaired) electrons. The summed E-state index contributed by atoms with van der Waals surface area (Å²) in [6.07, 6.45) is 1.97. The lowest BCUT2D eigenvalue weighted by atomic mass is 10.0. The van der Waals surface area contributed by atoms with Gasteiger partial charge in [0.1, 0.15) is 11.9 Å². The topological polar surface area (TPSA) is 87.9 Å². The largest absolute Gasteiger partial charge is 0.490 e. The summed E-state index contributed by atoms with van der Waals surface area (Å²) in [6, 6.07) is 17.1. The van der Waals surface area contributed by atoms with Gasteiger partial charge in [-0.05, 0) is 69.9 Å². The normalized spacial score (nSPS) is 18.1. The van der Waals surface area contributed by atoms with Crippen LogP contribution in [-0.2, 0) is 25.5 Å². The number of ether oxygens (including phenoxy) is 3. The fourth-order valence-corrected chi connectivity index (χ4v) is 4.40. The third kappa shape index (κ3) is 6.10. The Morgan fingerprint density at radius 2 is 1.83 bits per heavy atom. The van der Waals surface area contributed by atoms with Crippen LogP contribution in [0.5, 0.6) is 5.75 Å². The molecule has 184 valence electrons. The zero-order valence-corrected chi connectivity index (χ0v) is 20.4. The molecule has 2 aromatic carbocycles. The van der Waals surface area contributed by atoms with Crippen LogP contribution >= 0.6 is 0 Å². The van der Waals surface area contributed by atoms with Crippen LogP contribution in [-0.4, -0.2) is 29.8 Å². The molecule has 7 heteroatoms. The van der Waals surface area contributed by atoms with Crippen molar-refractivity contribution >= 4 is 11.9 Å². The minimum absolute atomic E-state index is 0.0142. The number of esters is 2. The SMILES string of the molecule is CCOC(=O)C1CCC(Oc2ccc(-c3onc(C)c3CC(=O)O[C@H](C)c3ccccc3)cc2)C1. The molecule has 1 heterocycles. The Labute approximate surface area is 205 Å². The van der Waals surface area contributed by atoms with Crippen LogP contribution in [0.25, 0.3) is 11.3 Å².